The molecule has 22 heteroatoms. The first-order valence-corrected chi connectivity index (χ1v) is 22.8. The number of carbonyl (C=O) groups excluding carboxylic acids is 8. The van der Waals surface area contributed by atoms with Crippen LogP contribution >= 0.6 is 0 Å². The number of benzene rings is 2. The van der Waals surface area contributed by atoms with Crippen molar-refractivity contribution in [3.63, 3.8) is 0 Å². The molecule has 0 aliphatic carbocycles. The summed E-state index contributed by atoms with van der Waals surface area (Å²) in [7, 11) is 0. The zero-order valence-corrected chi connectivity index (χ0v) is 42.6. The summed E-state index contributed by atoms with van der Waals surface area (Å²) < 4.78 is 0. The first-order valence-electron chi connectivity index (χ1n) is 22.8. The van der Waals surface area contributed by atoms with Crippen LogP contribution in [0, 0.1) is 12.8 Å². The molecule has 1 radical (unpaired) electrons. The third-order valence-electron chi connectivity index (χ3n) is 11.1. The molecule has 4 aromatic rings. The number of amides is 6. The van der Waals surface area contributed by atoms with Crippen LogP contribution in [0.1, 0.15) is 74.9 Å². The molecule has 0 saturated carbocycles. The molecule has 4 atom stereocenters. The fraction of sp³-hybridized carbons (Fsp3) is 0.373. The van der Waals surface area contributed by atoms with Crippen molar-refractivity contribution in [2.45, 2.75) is 103 Å². The quantitative estimate of drug-likeness (QED) is 0.0317. The minimum Gasteiger partial charge on any atom is -0.545 e. The van der Waals surface area contributed by atoms with Crippen molar-refractivity contribution in [3.8, 4) is 0 Å². The Hall–Kier alpha value is -7.55. The predicted octanol–water partition coefficient (Wildman–Crippen LogP) is 3.68. The molecule has 2 aromatic carbocycles. The number of aromatic nitrogens is 2. The Labute approximate surface area is 438 Å². The molecule has 1 aliphatic rings. The van der Waals surface area contributed by atoms with Crippen LogP contribution < -0.4 is 26.6 Å². The van der Waals surface area contributed by atoms with Crippen molar-refractivity contribution in [1.29, 1.82) is 0 Å². The van der Waals surface area contributed by atoms with E-state index in [2.05, 4.69) is 61.8 Å². The standard InChI is InChI=1S/C48H59N9O9.3CHO.Tc/c1-31(2)43(46(63)57-26-12-18-40(57)47(64)65)55-45(62)39(28-42(59)60)53-44(61)38(17-8-11-25-56(29-35-14-6-9-23-49-35)30-36-15-7-10-24-50-36)52-41(58)27-33-19-21-34(22-20-33)51-48(66)54-37-16-5-4-13-32(37)3;3*1-2;/h4-7,9-10,13-16,19-24,31,38-40,43H,8,11-12,17-18,25-30H2,1-3H3,(H,52,58)(H,53,61)(H,55,62)(H,59,60)(H,64,65)(H2,51,54,66);3*1H;/q;3*-1;/t38-,39-,40-,43-;;;;/m0..../s1. The average Bonchev–Trinajstić information content (AvgIpc) is 3.88. The number of anilines is 2. The number of aryl methyl sites for hydroxylation is 1. The summed E-state index contributed by atoms with van der Waals surface area (Å²) in [5, 5.41) is 32.9. The fourth-order valence-electron chi connectivity index (χ4n) is 7.63. The monoisotopic (exact) mass is 1090 g/mol. The number of unbranched alkanes of at least 4 members (excludes halogenated alkanes) is 1. The molecule has 3 heterocycles. The van der Waals surface area contributed by atoms with Crippen molar-refractivity contribution in [2.75, 3.05) is 23.7 Å². The van der Waals surface area contributed by atoms with Gasteiger partial charge in [-0.25, -0.2) is 9.59 Å². The van der Waals surface area contributed by atoms with E-state index in [0.29, 0.717) is 55.8 Å². The fourth-order valence-corrected chi connectivity index (χ4v) is 7.63. The Morgan fingerprint density at radius 3 is 1.84 bits per heavy atom. The Morgan fingerprint density at radius 1 is 0.726 bits per heavy atom. The van der Waals surface area contributed by atoms with E-state index in [9.17, 15) is 43.8 Å². The smallest absolute Gasteiger partial charge is 0.326 e. The number of carboxylic acid groups (broad SMARTS) is 2. The Bertz CT molecular complexity index is 2300. The van der Waals surface area contributed by atoms with E-state index < -0.39 is 78.1 Å². The largest absolute Gasteiger partial charge is 0.545 e. The number of rotatable bonds is 23. The SMILES string of the molecule is Cc1ccccc1NC(=O)Nc1ccc(CC(=O)N[C@@H](CCCCN(Cc2ccccn2)Cc2ccccn2)C(=O)N[C@@H](CC(=O)O)C(=O)N[C@H](C(=O)N2CCC[C@H]2C(=O)O)C(C)C)cc1.[CH-]=O.[CH-]=O.[CH-]=O.[Tc]. The topological polar surface area (TPSA) is 304 Å². The number of carboxylic acids is 2. The molecule has 1 aliphatic heterocycles. The van der Waals surface area contributed by atoms with Gasteiger partial charge in [-0.2, -0.15) is 0 Å². The molecule has 0 spiro atoms. The summed E-state index contributed by atoms with van der Waals surface area (Å²) in [5.74, 6) is -5.98. The Morgan fingerprint density at radius 2 is 1.30 bits per heavy atom. The number of hydrogen-bond donors (Lipinski definition) is 7. The molecule has 1 fully saturated rings. The van der Waals surface area contributed by atoms with E-state index in [0.717, 1.165) is 17.0 Å². The molecular formula is C51H62N9O12Tc-3. The summed E-state index contributed by atoms with van der Waals surface area (Å²) in [6.45, 7) is 16.8. The van der Waals surface area contributed by atoms with Gasteiger partial charge < -0.3 is 56.1 Å². The summed E-state index contributed by atoms with van der Waals surface area (Å²) >= 11 is 0. The number of pyridine rings is 2. The van der Waals surface area contributed by atoms with Crippen LogP contribution in [0.4, 0.5) is 16.2 Å². The van der Waals surface area contributed by atoms with Crippen molar-refractivity contribution < 1.29 is 78.3 Å². The number of nitrogens with zero attached hydrogens (tertiary/aromatic N) is 4. The number of hydrogen-bond acceptors (Lipinski definition) is 13. The van der Waals surface area contributed by atoms with E-state index in [-0.39, 0.29) is 45.9 Å². The van der Waals surface area contributed by atoms with Crippen LogP contribution in [0.15, 0.2) is 97.3 Å². The van der Waals surface area contributed by atoms with Crippen molar-refractivity contribution >= 4 is 73.3 Å². The van der Waals surface area contributed by atoms with Gasteiger partial charge in [0.15, 0.2) is 0 Å². The van der Waals surface area contributed by atoms with Crippen LogP contribution in [0.25, 0.3) is 0 Å². The number of para-hydroxylation sites is 1. The minimum atomic E-state index is -1.65. The molecule has 0 unspecified atom stereocenters. The average molecular weight is 1090 g/mol. The number of aliphatic carboxylic acids is 2. The van der Waals surface area contributed by atoms with Crippen molar-refractivity contribution in [1.82, 2.24) is 35.7 Å². The normalized spacial score (nSPS) is 13.5. The Balaban J connectivity index is 0.00000367. The zero-order chi connectivity index (χ0) is 53.6. The Kier molecular flexibility index (Phi) is 30.2. The first kappa shape index (κ1) is 63.5. The second kappa shape index (κ2) is 34.7. The second-order valence-electron chi connectivity index (χ2n) is 16.7. The van der Waals surface area contributed by atoms with Crippen LogP contribution in [0.2, 0.25) is 0 Å². The number of urea groups is 1. The molecule has 0 bridgehead atoms. The van der Waals surface area contributed by atoms with Gasteiger partial charge in [0.25, 0.3) is 0 Å². The third kappa shape index (κ3) is 22.2. The van der Waals surface area contributed by atoms with E-state index in [1.807, 2.05) is 61.5 Å². The zero-order valence-electron chi connectivity index (χ0n) is 40.8. The molecule has 1 saturated heterocycles. The summed E-state index contributed by atoms with van der Waals surface area (Å²) in [6, 6.07) is 19.7. The van der Waals surface area contributed by atoms with Gasteiger partial charge in [-0.3, -0.25) is 59.2 Å². The molecular weight excluding hydrogens is 1030 g/mol. The summed E-state index contributed by atoms with van der Waals surface area (Å²) in [6.07, 6.45) is 4.32. The molecule has 5 rings (SSSR count). The van der Waals surface area contributed by atoms with Crippen LogP contribution in [-0.2, 0) is 82.8 Å². The van der Waals surface area contributed by atoms with Gasteiger partial charge in [0.1, 0.15) is 24.2 Å². The maximum Gasteiger partial charge on any atom is 0.326 e. The molecule has 393 valence electrons. The van der Waals surface area contributed by atoms with Crippen molar-refractivity contribution in [3.05, 3.63) is 120 Å². The van der Waals surface area contributed by atoms with E-state index >= 15 is 0 Å². The van der Waals surface area contributed by atoms with Crippen LogP contribution in [0.5, 0.6) is 0 Å². The maximum absolute atomic E-state index is 14.1. The summed E-state index contributed by atoms with van der Waals surface area (Å²) in [4.78, 5) is 127. The van der Waals surface area contributed by atoms with Crippen molar-refractivity contribution in [2.24, 2.45) is 5.92 Å². The van der Waals surface area contributed by atoms with Gasteiger partial charge in [-0.15, -0.1) is 0 Å². The minimum absolute atomic E-state index is 0. The van der Waals surface area contributed by atoms with Crippen LogP contribution in [-0.4, -0.2) is 129 Å². The molecule has 7 N–H and O–H groups in total. The summed E-state index contributed by atoms with van der Waals surface area (Å²) in [5.41, 5.74) is 4.33. The number of carbonyl (C=O) groups is 7. The van der Waals surface area contributed by atoms with Gasteiger partial charge >= 0.3 is 18.0 Å². The van der Waals surface area contributed by atoms with E-state index in [1.165, 1.54) is 4.90 Å². The second-order valence-corrected chi connectivity index (χ2v) is 16.7. The van der Waals surface area contributed by atoms with Crippen LogP contribution in [0.3, 0.4) is 0 Å². The van der Waals surface area contributed by atoms with Gasteiger partial charge in [0, 0.05) is 63.5 Å². The predicted molar refractivity (Wildman–Crippen MR) is 266 cm³/mol. The third-order valence-corrected chi connectivity index (χ3v) is 11.1. The molecule has 73 heavy (non-hydrogen) atoms. The maximum atomic E-state index is 14.1. The molecule has 21 nitrogen and oxygen atoms in total. The van der Waals surface area contributed by atoms with Gasteiger partial charge in [0.2, 0.25) is 23.6 Å². The molecule has 2 aromatic heterocycles. The van der Waals surface area contributed by atoms with E-state index in [1.54, 1.807) is 56.6 Å². The van der Waals surface area contributed by atoms with Gasteiger partial charge in [-0.1, -0.05) is 56.3 Å². The number of likely N-dealkylation sites (tertiary alicyclic amines) is 1. The van der Waals surface area contributed by atoms with E-state index in [4.69, 9.17) is 14.4 Å². The van der Waals surface area contributed by atoms with Gasteiger partial charge in [0.05, 0.1) is 24.2 Å². The first-order chi connectivity index (χ1) is 34.7. The van der Waals surface area contributed by atoms with Gasteiger partial charge in [-0.05, 0) is 105 Å². The molecule has 6 amide bonds. The number of nitrogens with one attached hydrogen (secondary N) is 5.